The number of fused-ring (bicyclic) bond motifs is 1. The molecule has 0 aliphatic rings. The third-order valence-electron chi connectivity index (χ3n) is 4.26. The number of nitrogens with zero attached hydrogens (tertiary/aromatic N) is 1. The molecule has 1 heterocycles. The lowest BCUT2D eigenvalue weighted by atomic mass is 10.1. The standard InChI is InChI=1S/C17H22N2O3/c1-5-11(3)19(9-16(20)21)17(22)15-8-13-12(4)10(2)6-7-14(13)18-15/h6-8,11,18H,5,9H2,1-4H3,(H,20,21). The molecule has 5 nitrogen and oxygen atoms in total. The van der Waals surface area contributed by atoms with E-state index in [-0.39, 0.29) is 18.5 Å². The average molecular weight is 302 g/mol. The number of aliphatic carboxylic acids is 1. The van der Waals surface area contributed by atoms with Crippen molar-refractivity contribution >= 4 is 22.8 Å². The molecule has 5 heteroatoms. The molecule has 0 bridgehead atoms. The van der Waals surface area contributed by atoms with Gasteiger partial charge in [0.15, 0.2) is 0 Å². The number of aromatic amines is 1. The molecule has 2 N–H and O–H groups in total. The van der Waals surface area contributed by atoms with Crippen molar-refractivity contribution in [2.45, 2.75) is 40.2 Å². The van der Waals surface area contributed by atoms with Crippen LogP contribution >= 0.6 is 0 Å². The zero-order valence-electron chi connectivity index (χ0n) is 13.4. The highest BCUT2D eigenvalue weighted by atomic mass is 16.4. The summed E-state index contributed by atoms with van der Waals surface area (Å²) in [7, 11) is 0. The van der Waals surface area contributed by atoms with Crippen molar-refractivity contribution in [1.82, 2.24) is 9.88 Å². The predicted octanol–water partition coefficient (Wildman–Crippen LogP) is 3.11. The highest BCUT2D eigenvalue weighted by Crippen LogP contribution is 2.23. The summed E-state index contributed by atoms with van der Waals surface area (Å²) in [5, 5.41) is 10.0. The van der Waals surface area contributed by atoms with Crippen molar-refractivity contribution in [1.29, 1.82) is 0 Å². The Bertz CT molecular complexity index is 718. The smallest absolute Gasteiger partial charge is 0.323 e. The van der Waals surface area contributed by atoms with Gasteiger partial charge in [-0.25, -0.2) is 0 Å². The Morgan fingerprint density at radius 3 is 2.59 bits per heavy atom. The van der Waals surface area contributed by atoms with Crippen molar-refractivity contribution in [3.63, 3.8) is 0 Å². The number of H-pyrrole nitrogens is 1. The zero-order valence-corrected chi connectivity index (χ0v) is 13.4. The zero-order chi connectivity index (χ0) is 16.4. The van der Waals surface area contributed by atoms with Gasteiger partial charge in [-0.1, -0.05) is 13.0 Å². The van der Waals surface area contributed by atoms with Gasteiger partial charge in [-0.05, 0) is 50.5 Å². The van der Waals surface area contributed by atoms with E-state index in [4.69, 9.17) is 5.11 Å². The number of amides is 1. The first-order valence-corrected chi connectivity index (χ1v) is 7.46. The molecule has 1 atom stereocenters. The summed E-state index contributed by atoms with van der Waals surface area (Å²) in [6.45, 7) is 7.55. The van der Waals surface area contributed by atoms with Crippen LogP contribution in [0.3, 0.4) is 0 Å². The average Bonchev–Trinajstić information content (AvgIpc) is 2.92. The number of carbonyl (C=O) groups is 2. The second kappa shape index (κ2) is 6.22. The number of carboxylic acid groups (broad SMARTS) is 1. The fourth-order valence-corrected chi connectivity index (χ4v) is 2.52. The highest BCUT2D eigenvalue weighted by Gasteiger charge is 2.24. The lowest BCUT2D eigenvalue weighted by Crippen LogP contribution is -2.42. The Labute approximate surface area is 129 Å². The molecule has 1 amide bonds. The van der Waals surface area contributed by atoms with Gasteiger partial charge in [-0.15, -0.1) is 0 Å². The second-order valence-electron chi connectivity index (χ2n) is 5.74. The minimum atomic E-state index is -1.00. The minimum absolute atomic E-state index is 0.127. The third kappa shape index (κ3) is 2.98. The molecule has 1 aromatic heterocycles. The molecule has 1 unspecified atom stereocenters. The summed E-state index contributed by atoms with van der Waals surface area (Å²) in [4.78, 5) is 28.2. The number of hydrogen-bond donors (Lipinski definition) is 2. The molecule has 0 aliphatic heterocycles. The monoisotopic (exact) mass is 302 g/mol. The third-order valence-corrected chi connectivity index (χ3v) is 4.26. The molecular weight excluding hydrogens is 280 g/mol. The Hall–Kier alpha value is -2.30. The highest BCUT2D eigenvalue weighted by molar-refractivity contribution is 6.00. The van der Waals surface area contributed by atoms with E-state index in [0.29, 0.717) is 12.1 Å². The summed E-state index contributed by atoms with van der Waals surface area (Å²) in [6, 6.07) is 5.64. The van der Waals surface area contributed by atoms with Crippen LogP contribution in [0.1, 0.15) is 41.9 Å². The fourth-order valence-electron chi connectivity index (χ4n) is 2.52. The van der Waals surface area contributed by atoms with Crippen molar-refractivity contribution < 1.29 is 14.7 Å². The van der Waals surface area contributed by atoms with Gasteiger partial charge in [0.1, 0.15) is 12.2 Å². The number of carbonyl (C=O) groups excluding carboxylic acids is 1. The van der Waals surface area contributed by atoms with E-state index in [2.05, 4.69) is 4.98 Å². The van der Waals surface area contributed by atoms with E-state index < -0.39 is 5.97 Å². The largest absolute Gasteiger partial charge is 0.480 e. The predicted molar refractivity (Wildman–Crippen MR) is 86.2 cm³/mol. The minimum Gasteiger partial charge on any atom is -0.480 e. The van der Waals surface area contributed by atoms with Crippen LogP contribution < -0.4 is 0 Å². The number of rotatable bonds is 5. The van der Waals surface area contributed by atoms with E-state index in [1.54, 1.807) is 0 Å². The summed E-state index contributed by atoms with van der Waals surface area (Å²) in [5.41, 5.74) is 3.62. The number of aromatic nitrogens is 1. The Kier molecular flexibility index (Phi) is 4.54. The van der Waals surface area contributed by atoms with E-state index >= 15 is 0 Å². The molecular formula is C17H22N2O3. The molecule has 2 rings (SSSR count). The number of benzene rings is 1. The molecule has 22 heavy (non-hydrogen) atoms. The molecule has 0 spiro atoms. The first-order chi connectivity index (χ1) is 10.3. The van der Waals surface area contributed by atoms with Crippen LogP contribution in [0, 0.1) is 13.8 Å². The summed E-state index contributed by atoms with van der Waals surface area (Å²) < 4.78 is 0. The molecule has 0 aliphatic carbocycles. The van der Waals surface area contributed by atoms with Crippen LogP contribution in [0.15, 0.2) is 18.2 Å². The van der Waals surface area contributed by atoms with Gasteiger partial charge in [-0.3, -0.25) is 9.59 Å². The van der Waals surface area contributed by atoms with Crippen LogP contribution in [0.25, 0.3) is 10.9 Å². The van der Waals surface area contributed by atoms with Crippen molar-refractivity contribution in [3.05, 3.63) is 35.0 Å². The first-order valence-electron chi connectivity index (χ1n) is 7.46. The van der Waals surface area contributed by atoms with Gasteiger partial charge < -0.3 is 15.0 Å². The number of carboxylic acids is 1. The van der Waals surface area contributed by atoms with E-state index in [9.17, 15) is 9.59 Å². The summed E-state index contributed by atoms with van der Waals surface area (Å²) >= 11 is 0. The lowest BCUT2D eigenvalue weighted by molar-refractivity contribution is -0.138. The van der Waals surface area contributed by atoms with Gasteiger partial charge in [0, 0.05) is 16.9 Å². The Morgan fingerprint density at radius 1 is 1.32 bits per heavy atom. The van der Waals surface area contributed by atoms with Crippen molar-refractivity contribution in [2.24, 2.45) is 0 Å². The molecule has 0 fully saturated rings. The summed E-state index contributed by atoms with van der Waals surface area (Å²) in [6.07, 6.45) is 0.706. The van der Waals surface area contributed by atoms with Crippen molar-refractivity contribution in [3.8, 4) is 0 Å². The molecule has 0 saturated carbocycles. The quantitative estimate of drug-likeness (QED) is 0.891. The van der Waals surface area contributed by atoms with Crippen LogP contribution in [0.4, 0.5) is 0 Å². The van der Waals surface area contributed by atoms with Crippen LogP contribution in [-0.2, 0) is 4.79 Å². The van der Waals surface area contributed by atoms with Gasteiger partial charge in [-0.2, -0.15) is 0 Å². The van der Waals surface area contributed by atoms with E-state index in [1.165, 1.54) is 4.90 Å². The van der Waals surface area contributed by atoms with Gasteiger partial charge in [0.05, 0.1) is 0 Å². The van der Waals surface area contributed by atoms with E-state index in [0.717, 1.165) is 22.0 Å². The van der Waals surface area contributed by atoms with Gasteiger partial charge in [0.25, 0.3) is 5.91 Å². The van der Waals surface area contributed by atoms with Gasteiger partial charge >= 0.3 is 5.97 Å². The maximum Gasteiger partial charge on any atom is 0.323 e. The van der Waals surface area contributed by atoms with Gasteiger partial charge in [0.2, 0.25) is 0 Å². The number of aryl methyl sites for hydroxylation is 2. The van der Waals surface area contributed by atoms with E-state index in [1.807, 2.05) is 45.9 Å². The molecule has 0 saturated heterocycles. The first kappa shape index (κ1) is 16.1. The second-order valence-corrected chi connectivity index (χ2v) is 5.74. The normalized spacial score (nSPS) is 12.4. The van der Waals surface area contributed by atoms with Crippen molar-refractivity contribution in [2.75, 3.05) is 6.54 Å². The maximum absolute atomic E-state index is 12.7. The summed E-state index contributed by atoms with van der Waals surface area (Å²) in [5.74, 6) is -1.28. The SMILES string of the molecule is CCC(C)N(CC(=O)O)C(=O)c1cc2c(C)c(C)ccc2[nH]1. The fraction of sp³-hybridized carbons (Fsp3) is 0.412. The molecule has 1 aromatic carbocycles. The Morgan fingerprint density at radius 2 is 2.00 bits per heavy atom. The van der Waals surface area contributed by atoms with Crippen LogP contribution in [-0.4, -0.2) is 39.5 Å². The lowest BCUT2D eigenvalue weighted by Gasteiger charge is -2.26. The molecule has 2 aromatic rings. The number of hydrogen-bond acceptors (Lipinski definition) is 2. The number of nitrogens with one attached hydrogen (secondary N) is 1. The van der Waals surface area contributed by atoms with Crippen LogP contribution in [0.2, 0.25) is 0 Å². The molecule has 118 valence electrons. The topological polar surface area (TPSA) is 73.4 Å². The maximum atomic E-state index is 12.7. The van der Waals surface area contributed by atoms with Crippen LogP contribution in [0.5, 0.6) is 0 Å². The Balaban J connectivity index is 2.42. The molecule has 0 radical (unpaired) electrons.